The number of thiocarbonyl (C=S) groups is 1. The normalized spacial score (nSPS) is 16.5. The number of nitro benzene ring substituents is 1. The van der Waals surface area contributed by atoms with Crippen LogP contribution in [0.3, 0.4) is 0 Å². The third kappa shape index (κ3) is 3.71. The van der Waals surface area contributed by atoms with Gasteiger partial charge in [-0.3, -0.25) is 15.0 Å². The largest absolute Gasteiger partial charge is 0.466 e. The molecule has 0 radical (unpaired) electrons. The first kappa shape index (κ1) is 20.5. The van der Waals surface area contributed by atoms with E-state index in [1.807, 2.05) is 32.0 Å². The number of carbonyl (C=O) groups is 1. The maximum atomic E-state index is 12.7. The summed E-state index contributed by atoms with van der Waals surface area (Å²) in [7, 11) is 1.28. The molecule has 0 bridgehead atoms. The summed E-state index contributed by atoms with van der Waals surface area (Å²) in [5.74, 6) is -0.575. The van der Waals surface area contributed by atoms with Crippen LogP contribution < -0.4 is 10.2 Å². The highest BCUT2D eigenvalue weighted by molar-refractivity contribution is 7.80. The van der Waals surface area contributed by atoms with Crippen molar-refractivity contribution in [3.63, 3.8) is 0 Å². The number of benzene rings is 2. The summed E-state index contributed by atoms with van der Waals surface area (Å²) >= 11 is 5.58. The van der Waals surface area contributed by atoms with Crippen LogP contribution in [0.1, 0.15) is 29.7 Å². The van der Waals surface area contributed by atoms with Crippen LogP contribution in [0.2, 0.25) is 0 Å². The summed E-state index contributed by atoms with van der Waals surface area (Å²) in [5.41, 5.74) is 4.10. The zero-order chi connectivity index (χ0) is 21.3. The Morgan fingerprint density at radius 1 is 1.17 bits per heavy atom. The maximum Gasteiger partial charge on any atom is 0.337 e. The minimum Gasteiger partial charge on any atom is -0.466 e. The topological polar surface area (TPSA) is 84.7 Å². The Balaban J connectivity index is 2.20. The molecule has 1 aliphatic heterocycles. The van der Waals surface area contributed by atoms with Gasteiger partial charge in [0.2, 0.25) is 0 Å². The molecule has 8 heteroatoms. The molecule has 1 aliphatic rings. The molecule has 0 amide bonds. The number of esters is 1. The van der Waals surface area contributed by atoms with Crippen LogP contribution in [-0.4, -0.2) is 23.1 Å². The van der Waals surface area contributed by atoms with Crippen molar-refractivity contribution in [2.45, 2.75) is 26.8 Å². The predicted molar refractivity (Wildman–Crippen MR) is 115 cm³/mol. The van der Waals surface area contributed by atoms with Gasteiger partial charge >= 0.3 is 5.97 Å². The number of hydrogen-bond donors (Lipinski definition) is 1. The average molecular weight is 411 g/mol. The van der Waals surface area contributed by atoms with Crippen molar-refractivity contribution in [1.29, 1.82) is 0 Å². The molecule has 2 aromatic rings. The zero-order valence-electron chi connectivity index (χ0n) is 16.6. The van der Waals surface area contributed by atoms with Gasteiger partial charge in [-0.1, -0.05) is 18.2 Å². The Morgan fingerprint density at radius 3 is 2.48 bits per heavy atom. The monoisotopic (exact) mass is 411 g/mol. The Morgan fingerprint density at radius 2 is 1.86 bits per heavy atom. The molecule has 1 atom stereocenters. The van der Waals surface area contributed by atoms with Gasteiger partial charge in [0, 0.05) is 17.5 Å². The summed E-state index contributed by atoms with van der Waals surface area (Å²) in [6, 6.07) is 11.4. The van der Waals surface area contributed by atoms with Crippen molar-refractivity contribution in [2.24, 2.45) is 0 Å². The van der Waals surface area contributed by atoms with Crippen LogP contribution in [0.4, 0.5) is 11.4 Å². The number of nitrogens with one attached hydrogen (secondary N) is 1. The minimum absolute atomic E-state index is 0.0957. The van der Waals surface area contributed by atoms with Gasteiger partial charge in [0.05, 0.1) is 29.2 Å². The van der Waals surface area contributed by atoms with Crippen molar-refractivity contribution in [2.75, 3.05) is 12.0 Å². The van der Waals surface area contributed by atoms with Gasteiger partial charge in [-0.15, -0.1) is 0 Å². The second-order valence-corrected chi connectivity index (χ2v) is 7.18. The van der Waals surface area contributed by atoms with Crippen LogP contribution in [0, 0.1) is 24.0 Å². The molecule has 1 N–H and O–H groups in total. The van der Waals surface area contributed by atoms with E-state index in [4.69, 9.17) is 17.0 Å². The smallest absolute Gasteiger partial charge is 0.337 e. The molecule has 1 heterocycles. The second kappa shape index (κ2) is 8.00. The summed E-state index contributed by atoms with van der Waals surface area (Å²) in [6.45, 7) is 5.77. The number of carbonyl (C=O) groups excluding carboxylic acids is 1. The Kier molecular flexibility index (Phi) is 5.65. The Hall–Kier alpha value is -3.26. The molecule has 7 nitrogen and oxygen atoms in total. The van der Waals surface area contributed by atoms with Crippen molar-refractivity contribution >= 4 is 34.7 Å². The lowest BCUT2D eigenvalue weighted by atomic mass is 9.93. The molecular formula is C21H21N3O4S. The predicted octanol–water partition coefficient (Wildman–Crippen LogP) is 4.09. The van der Waals surface area contributed by atoms with Crippen LogP contribution in [-0.2, 0) is 9.53 Å². The number of nitro groups is 1. The fourth-order valence-corrected chi connectivity index (χ4v) is 3.78. The summed E-state index contributed by atoms with van der Waals surface area (Å²) in [4.78, 5) is 25.5. The third-order valence-electron chi connectivity index (χ3n) is 5.08. The van der Waals surface area contributed by atoms with E-state index in [2.05, 4.69) is 5.32 Å². The number of ether oxygens (including phenoxy) is 1. The van der Waals surface area contributed by atoms with Gasteiger partial charge in [0.1, 0.15) is 0 Å². The number of aryl methyl sites for hydroxylation is 2. The highest BCUT2D eigenvalue weighted by Gasteiger charge is 2.38. The third-order valence-corrected chi connectivity index (χ3v) is 5.38. The average Bonchev–Trinajstić information content (AvgIpc) is 2.69. The van der Waals surface area contributed by atoms with Crippen LogP contribution in [0.25, 0.3) is 0 Å². The molecule has 0 aromatic heterocycles. The molecule has 2 aromatic carbocycles. The van der Waals surface area contributed by atoms with E-state index in [1.54, 1.807) is 30.0 Å². The molecule has 0 unspecified atom stereocenters. The van der Waals surface area contributed by atoms with Crippen molar-refractivity contribution in [3.8, 4) is 0 Å². The highest BCUT2D eigenvalue weighted by Crippen LogP contribution is 2.37. The SMILES string of the molecule is COC(=O)C1=C(C)N(c2ccc(C)c(C)c2)C(=S)N[C@H]1c1ccccc1[N+](=O)[O-]. The molecule has 29 heavy (non-hydrogen) atoms. The maximum absolute atomic E-state index is 12.7. The van der Waals surface area contributed by atoms with Crippen molar-refractivity contribution < 1.29 is 14.5 Å². The molecule has 0 saturated heterocycles. The Bertz CT molecular complexity index is 1050. The first-order valence-electron chi connectivity index (χ1n) is 8.96. The first-order chi connectivity index (χ1) is 13.8. The van der Waals surface area contributed by atoms with Gasteiger partial charge in [0.25, 0.3) is 5.69 Å². The van der Waals surface area contributed by atoms with E-state index in [9.17, 15) is 14.9 Å². The molecule has 150 valence electrons. The van der Waals surface area contributed by atoms with E-state index in [-0.39, 0.29) is 11.3 Å². The first-order valence-corrected chi connectivity index (χ1v) is 9.37. The van der Waals surface area contributed by atoms with Crippen LogP contribution in [0.15, 0.2) is 53.7 Å². The van der Waals surface area contributed by atoms with E-state index < -0.39 is 16.9 Å². The van der Waals surface area contributed by atoms with Gasteiger partial charge in [0.15, 0.2) is 5.11 Å². The number of para-hydroxylation sites is 1. The Labute approximate surface area is 174 Å². The van der Waals surface area contributed by atoms with E-state index in [1.165, 1.54) is 13.2 Å². The van der Waals surface area contributed by atoms with Crippen LogP contribution >= 0.6 is 12.2 Å². The van der Waals surface area contributed by atoms with E-state index in [0.717, 1.165) is 16.8 Å². The molecular weight excluding hydrogens is 390 g/mol. The summed E-state index contributed by atoms with van der Waals surface area (Å²) in [5, 5.41) is 15.0. The van der Waals surface area contributed by atoms with Gasteiger partial charge < -0.3 is 10.1 Å². The molecule has 3 rings (SSSR count). The quantitative estimate of drug-likeness (QED) is 0.351. The summed E-state index contributed by atoms with van der Waals surface area (Å²) in [6.07, 6.45) is 0. The summed E-state index contributed by atoms with van der Waals surface area (Å²) < 4.78 is 5.00. The lowest BCUT2D eigenvalue weighted by Gasteiger charge is -2.37. The van der Waals surface area contributed by atoms with E-state index in [0.29, 0.717) is 16.4 Å². The standard InChI is InChI=1S/C21H21N3O4S/c1-12-9-10-15(11-13(12)2)23-14(3)18(20(25)28-4)19(22-21(23)29)16-7-5-6-8-17(16)24(26)27/h5-11,19H,1-4H3,(H,22,29)/t19-/m0/s1. The minimum atomic E-state index is -0.792. The van der Waals surface area contributed by atoms with Gasteiger partial charge in [-0.25, -0.2) is 4.79 Å². The number of anilines is 1. The van der Waals surface area contributed by atoms with Crippen molar-refractivity contribution in [1.82, 2.24) is 5.32 Å². The number of hydrogen-bond acceptors (Lipinski definition) is 5. The number of rotatable bonds is 4. The van der Waals surface area contributed by atoms with Crippen LogP contribution in [0.5, 0.6) is 0 Å². The molecule has 0 aliphatic carbocycles. The fraction of sp³-hybridized carbons (Fsp3) is 0.238. The van der Waals surface area contributed by atoms with Gasteiger partial charge in [-0.2, -0.15) is 0 Å². The lowest BCUT2D eigenvalue weighted by molar-refractivity contribution is -0.385. The number of nitrogens with zero attached hydrogens (tertiary/aromatic N) is 2. The highest BCUT2D eigenvalue weighted by atomic mass is 32.1. The lowest BCUT2D eigenvalue weighted by Crippen LogP contribution is -2.48. The van der Waals surface area contributed by atoms with Crippen molar-refractivity contribution in [3.05, 3.63) is 80.5 Å². The molecule has 0 saturated carbocycles. The van der Waals surface area contributed by atoms with E-state index >= 15 is 0 Å². The molecule has 0 spiro atoms. The van der Waals surface area contributed by atoms with Gasteiger partial charge in [-0.05, 0) is 62.3 Å². The number of allylic oxidation sites excluding steroid dienone is 1. The molecule has 0 fully saturated rings. The second-order valence-electron chi connectivity index (χ2n) is 6.79. The fourth-order valence-electron chi connectivity index (χ4n) is 3.42. The number of methoxy groups -OCH3 is 1. The zero-order valence-corrected chi connectivity index (χ0v) is 17.4.